The van der Waals surface area contributed by atoms with Crippen LogP contribution < -0.4 is 5.32 Å². The zero-order valence-electron chi connectivity index (χ0n) is 15.9. The molecule has 24 heavy (non-hydrogen) atoms. The van der Waals surface area contributed by atoms with E-state index in [2.05, 4.69) is 31.0 Å². The second kappa shape index (κ2) is 9.43. The standard InChI is InChI=1S/C20H36N2O2/c1-4-18-7-5-6-14-22(18)20(24)17-10-8-16(9-11-17)19(23)21-13-12-15(2)3/h15-18H,4-14H2,1-3H3,(H,21,23). The minimum absolute atomic E-state index is 0.115. The molecule has 0 radical (unpaired) electrons. The maximum atomic E-state index is 12.9. The van der Waals surface area contributed by atoms with Crippen LogP contribution in [-0.2, 0) is 9.59 Å². The third kappa shape index (κ3) is 5.22. The molecule has 138 valence electrons. The van der Waals surface area contributed by atoms with Gasteiger partial charge in [-0.1, -0.05) is 20.8 Å². The molecule has 1 aliphatic heterocycles. The largest absolute Gasteiger partial charge is 0.356 e. The van der Waals surface area contributed by atoms with Crippen molar-refractivity contribution in [3.05, 3.63) is 0 Å². The van der Waals surface area contributed by atoms with E-state index >= 15 is 0 Å². The number of carbonyl (C=O) groups is 2. The van der Waals surface area contributed by atoms with Gasteiger partial charge in [0.05, 0.1) is 0 Å². The highest BCUT2D eigenvalue weighted by Gasteiger charge is 2.34. The SMILES string of the molecule is CCC1CCCCN1C(=O)C1CCC(C(=O)NCCC(C)C)CC1. The molecule has 1 heterocycles. The Hall–Kier alpha value is -1.06. The fraction of sp³-hybridized carbons (Fsp3) is 0.900. The van der Waals surface area contributed by atoms with Gasteiger partial charge in [-0.2, -0.15) is 0 Å². The molecule has 2 aliphatic rings. The molecular formula is C20H36N2O2. The first kappa shape index (κ1) is 19.3. The molecule has 1 saturated heterocycles. The topological polar surface area (TPSA) is 49.4 Å². The van der Waals surface area contributed by atoms with Crippen molar-refractivity contribution in [2.75, 3.05) is 13.1 Å². The average Bonchev–Trinajstić information content (AvgIpc) is 2.60. The summed E-state index contributed by atoms with van der Waals surface area (Å²) in [7, 11) is 0. The summed E-state index contributed by atoms with van der Waals surface area (Å²) >= 11 is 0. The van der Waals surface area contributed by atoms with Gasteiger partial charge in [0.25, 0.3) is 0 Å². The van der Waals surface area contributed by atoms with Crippen LogP contribution in [0.25, 0.3) is 0 Å². The fourth-order valence-electron chi connectivity index (χ4n) is 4.18. The quantitative estimate of drug-likeness (QED) is 0.803. The van der Waals surface area contributed by atoms with Gasteiger partial charge in [0.15, 0.2) is 0 Å². The van der Waals surface area contributed by atoms with Crippen molar-refractivity contribution in [1.82, 2.24) is 10.2 Å². The minimum atomic E-state index is 0.115. The summed E-state index contributed by atoms with van der Waals surface area (Å²) in [6.45, 7) is 8.25. The summed E-state index contributed by atoms with van der Waals surface area (Å²) in [6.07, 6.45) is 9.18. The third-order valence-corrected chi connectivity index (χ3v) is 5.85. The number of hydrogen-bond acceptors (Lipinski definition) is 2. The summed E-state index contributed by atoms with van der Waals surface area (Å²) in [5, 5.41) is 3.07. The molecule has 0 spiro atoms. The van der Waals surface area contributed by atoms with E-state index in [0.717, 1.165) is 64.5 Å². The Kier molecular flexibility index (Phi) is 7.57. The van der Waals surface area contributed by atoms with Crippen molar-refractivity contribution in [2.45, 2.75) is 84.6 Å². The van der Waals surface area contributed by atoms with E-state index in [0.29, 0.717) is 17.9 Å². The van der Waals surface area contributed by atoms with Gasteiger partial charge in [-0.15, -0.1) is 0 Å². The molecule has 1 N–H and O–H groups in total. The maximum Gasteiger partial charge on any atom is 0.225 e. The summed E-state index contributed by atoms with van der Waals surface area (Å²) in [4.78, 5) is 27.3. The molecule has 1 atom stereocenters. The zero-order chi connectivity index (χ0) is 17.5. The summed E-state index contributed by atoms with van der Waals surface area (Å²) in [5.41, 5.74) is 0. The van der Waals surface area contributed by atoms with Crippen LogP contribution in [0.3, 0.4) is 0 Å². The predicted octanol–water partition coefficient (Wildman–Crippen LogP) is 3.75. The molecule has 4 nitrogen and oxygen atoms in total. The van der Waals surface area contributed by atoms with Crippen molar-refractivity contribution >= 4 is 11.8 Å². The van der Waals surface area contributed by atoms with E-state index in [4.69, 9.17) is 0 Å². The number of nitrogens with one attached hydrogen (secondary N) is 1. The van der Waals surface area contributed by atoms with Crippen LogP contribution in [0.15, 0.2) is 0 Å². The van der Waals surface area contributed by atoms with E-state index in [1.54, 1.807) is 0 Å². The average molecular weight is 337 g/mol. The van der Waals surface area contributed by atoms with Crippen LogP contribution >= 0.6 is 0 Å². The first-order valence-electron chi connectivity index (χ1n) is 10.1. The second-order valence-electron chi connectivity index (χ2n) is 8.11. The molecule has 2 rings (SSSR count). The van der Waals surface area contributed by atoms with Gasteiger partial charge in [0.1, 0.15) is 0 Å². The zero-order valence-corrected chi connectivity index (χ0v) is 15.9. The van der Waals surface area contributed by atoms with E-state index < -0.39 is 0 Å². The van der Waals surface area contributed by atoms with Crippen molar-refractivity contribution in [3.8, 4) is 0 Å². The van der Waals surface area contributed by atoms with E-state index in [-0.39, 0.29) is 17.7 Å². The van der Waals surface area contributed by atoms with Crippen LogP contribution in [0, 0.1) is 17.8 Å². The number of piperidine rings is 1. The maximum absolute atomic E-state index is 12.9. The molecule has 4 heteroatoms. The van der Waals surface area contributed by atoms with Crippen LogP contribution in [0.4, 0.5) is 0 Å². The van der Waals surface area contributed by atoms with Crippen LogP contribution in [0.1, 0.15) is 78.6 Å². The first-order valence-corrected chi connectivity index (χ1v) is 10.1. The first-order chi connectivity index (χ1) is 11.5. The molecule has 1 aliphatic carbocycles. The highest BCUT2D eigenvalue weighted by molar-refractivity contribution is 5.81. The highest BCUT2D eigenvalue weighted by Crippen LogP contribution is 2.32. The van der Waals surface area contributed by atoms with Crippen LogP contribution in [-0.4, -0.2) is 35.8 Å². The predicted molar refractivity (Wildman–Crippen MR) is 97.6 cm³/mol. The molecule has 2 amide bonds. The Morgan fingerprint density at radius 3 is 2.33 bits per heavy atom. The Morgan fingerprint density at radius 1 is 1.04 bits per heavy atom. The lowest BCUT2D eigenvalue weighted by Crippen LogP contribution is -2.47. The van der Waals surface area contributed by atoms with Crippen LogP contribution in [0.2, 0.25) is 0 Å². The molecule has 0 aromatic rings. The molecule has 1 saturated carbocycles. The monoisotopic (exact) mass is 336 g/mol. The number of carbonyl (C=O) groups excluding carboxylic acids is 2. The smallest absolute Gasteiger partial charge is 0.225 e. The number of nitrogens with zero attached hydrogens (tertiary/aromatic N) is 1. The molecule has 1 unspecified atom stereocenters. The molecular weight excluding hydrogens is 300 g/mol. The van der Waals surface area contributed by atoms with Gasteiger partial charge in [0.2, 0.25) is 11.8 Å². The van der Waals surface area contributed by atoms with Gasteiger partial charge < -0.3 is 10.2 Å². The van der Waals surface area contributed by atoms with Crippen molar-refractivity contribution in [2.24, 2.45) is 17.8 Å². The number of likely N-dealkylation sites (tertiary alicyclic amines) is 1. The molecule has 0 aromatic carbocycles. The van der Waals surface area contributed by atoms with E-state index in [1.807, 2.05) is 0 Å². The lowest BCUT2D eigenvalue weighted by atomic mass is 9.80. The minimum Gasteiger partial charge on any atom is -0.356 e. The molecule has 0 aromatic heterocycles. The lowest BCUT2D eigenvalue weighted by Gasteiger charge is -2.39. The van der Waals surface area contributed by atoms with Gasteiger partial charge in [-0.05, 0) is 63.7 Å². The van der Waals surface area contributed by atoms with Crippen LogP contribution in [0.5, 0.6) is 0 Å². The summed E-state index contributed by atoms with van der Waals surface area (Å²) in [6, 6.07) is 0.448. The Balaban J connectivity index is 1.77. The Morgan fingerprint density at radius 2 is 1.71 bits per heavy atom. The van der Waals surface area contributed by atoms with Gasteiger partial charge in [-0.25, -0.2) is 0 Å². The van der Waals surface area contributed by atoms with Gasteiger partial charge in [-0.3, -0.25) is 9.59 Å². The molecule has 0 bridgehead atoms. The van der Waals surface area contributed by atoms with E-state index in [1.165, 1.54) is 6.42 Å². The lowest BCUT2D eigenvalue weighted by molar-refractivity contribution is -0.141. The fourth-order valence-corrected chi connectivity index (χ4v) is 4.18. The summed E-state index contributed by atoms with van der Waals surface area (Å²) < 4.78 is 0. The van der Waals surface area contributed by atoms with Gasteiger partial charge >= 0.3 is 0 Å². The van der Waals surface area contributed by atoms with E-state index in [9.17, 15) is 9.59 Å². The second-order valence-corrected chi connectivity index (χ2v) is 8.11. The Bertz CT molecular complexity index is 414. The highest BCUT2D eigenvalue weighted by atomic mass is 16.2. The van der Waals surface area contributed by atoms with Crippen molar-refractivity contribution in [3.63, 3.8) is 0 Å². The third-order valence-electron chi connectivity index (χ3n) is 5.85. The Labute approximate surface area is 147 Å². The van der Waals surface area contributed by atoms with Crippen molar-refractivity contribution < 1.29 is 9.59 Å². The van der Waals surface area contributed by atoms with Gasteiger partial charge in [0, 0.05) is 31.0 Å². The normalized spacial score (nSPS) is 28.0. The van der Waals surface area contributed by atoms with Crippen molar-refractivity contribution in [1.29, 1.82) is 0 Å². The number of rotatable bonds is 6. The number of amides is 2. The summed E-state index contributed by atoms with van der Waals surface area (Å²) in [5.74, 6) is 1.45. The molecule has 2 fully saturated rings. The number of hydrogen-bond donors (Lipinski definition) is 1.